The number of ether oxygens (including phenoxy) is 1. The molecule has 0 saturated heterocycles. The Labute approximate surface area is 123 Å². The minimum absolute atomic E-state index is 0.597. The van der Waals surface area contributed by atoms with E-state index >= 15 is 0 Å². The lowest BCUT2D eigenvalue weighted by Crippen LogP contribution is -2.39. The zero-order chi connectivity index (χ0) is 14.2. The van der Waals surface area contributed by atoms with Crippen molar-refractivity contribution < 1.29 is 4.74 Å². The molecule has 2 nitrogen and oxygen atoms in total. The third kappa shape index (κ3) is 4.77. The van der Waals surface area contributed by atoms with Crippen molar-refractivity contribution in [2.24, 2.45) is 0 Å². The molecule has 1 fully saturated rings. The van der Waals surface area contributed by atoms with Gasteiger partial charge in [-0.05, 0) is 31.2 Å². The summed E-state index contributed by atoms with van der Waals surface area (Å²) >= 11 is 0. The summed E-state index contributed by atoms with van der Waals surface area (Å²) in [6.07, 6.45) is 5.27. The van der Waals surface area contributed by atoms with Gasteiger partial charge in [-0.15, -0.1) is 0 Å². The van der Waals surface area contributed by atoms with Crippen LogP contribution in [-0.2, 0) is 4.74 Å². The van der Waals surface area contributed by atoms with Crippen LogP contribution in [0.15, 0.2) is 42.5 Å². The van der Waals surface area contributed by atoms with Crippen LogP contribution in [0.25, 0.3) is 0 Å². The molecule has 0 aromatic heterocycles. The SMILES string of the molecule is C=C(C)COCCNC1CCCCC1c1ccccc1. The van der Waals surface area contributed by atoms with E-state index in [1.54, 1.807) is 0 Å². The summed E-state index contributed by atoms with van der Waals surface area (Å²) in [5, 5.41) is 3.69. The normalized spacial score (nSPS) is 22.6. The van der Waals surface area contributed by atoms with Gasteiger partial charge in [0.15, 0.2) is 0 Å². The number of benzene rings is 1. The van der Waals surface area contributed by atoms with E-state index in [9.17, 15) is 0 Å². The van der Waals surface area contributed by atoms with Crippen LogP contribution < -0.4 is 5.32 Å². The molecule has 0 heterocycles. The molecule has 1 N–H and O–H groups in total. The van der Waals surface area contributed by atoms with Crippen molar-refractivity contribution >= 4 is 0 Å². The second-order valence-electron chi connectivity index (χ2n) is 5.87. The van der Waals surface area contributed by atoms with Crippen molar-refractivity contribution in [1.29, 1.82) is 0 Å². The number of nitrogens with one attached hydrogen (secondary N) is 1. The molecular formula is C18H27NO. The van der Waals surface area contributed by atoms with Gasteiger partial charge in [-0.3, -0.25) is 0 Å². The van der Waals surface area contributed by atoms with Crippen molar-refractivity contribution in [3.8, 4) is 0 Å². The molecular weight excluding hydrogens is 246 g/mol. The largest absolute Gasteiger partial charge is 0.376 e. The van der Waals surface area contributed by atoms with Gasteiger partial charge in [-0.2, -0.15) is 0 Å². The Morgan fingerprint density at radius 1 is 1.25 bits per heavy atom. The lowest BCUT2D eigenvalue weighted by molar-refractivity contribution is 0.151. The van der Waals surface area contributed by atoms with E-state index in [0.717, 1.165) is 18.7 Å². The quantitative estimate of drug-likeness (QED) is 0.601. The predicted molar refractivity (Wildman–Crippen MR) is 85.1 cm³/mol. The zero-order valence-corrected chi connectivity index (χ0v) is 12.6. The molecule has 0 amide bonds. The first-order chi connectivity index (χ1) is 9.77. The molecule has 1 aliphatic carbocycles. The molecule has 110 valence electrons. The van der Waals surface area contributed by atoms with E-state index in [4.69, 9.17) is 4.74 Å². The third-order valence-electron chi connectivity index (χ3n) is 4.00. The number of hydrogen-bond acceptors (Lipinski definition) is 2. The molecule has 1 saturated carbocycles. The standard InChI is InChI=1S/C18H27NO/c1-15(2)14-20-13-12-19-18-11-7-6-10-17(18)16-8-4-3-5-9-16/h3-5,8-9,17-19H,1,6-7,10-14H2,2H3. The Morgan fingerprint density at radius 2 is 2.00 bits per heavy atom. The fraction of sp³-hybridized carbons (Fsp3) is 0.556. The van der Waals surface area contributed by atoms with Crippen LogP contribution in [0.4, 0.5) is 0 Å². The predicted octanol–water partition coefficient (Wildman–Crippen LogP) is 3.90. The molecule has 0 spiro atoms. The Kier molecular flexibility index (Phi) is 6.28. The van der Waals surface area contributed by atoms with Crippen LogP contribution >= 0.6 is 0 Å². The van der Waals surface area contributed by atoms with E-state index in [1.807, 2.05) is 6.92 Å². The maximum atomic E-state index is 5.57. The van der Waals surface area contributed by atoms with Gasteiger partial charge in [0.2, 0.25) is 0 Å². The summed E-state index contributed by atoms with van der Waals surface area (Å²) < 4.78 is 5.57. The van der Waals surface area contributed by atoms with Crippen molar-refractivity contribution in [3.05, 3.63) is 48.0 Å². The molecule has 1 aliphatic rings. The van der Waals surface area contributed by atoms with Crippen LogP contribution in [0.3, 0.4) is 0 Å². The molecule has 2 rings (SSSR count). The summed E-state index contributed by atoms with van der Waals surface area (Å²) in [6, 6.07) is 11.5. The Morgan fingerprint density at radius 3 is 2.75 bits per heavy atom. The van der Waals surface area contributed by atoms with Crippen molar-refractivity contribution in [2.45, 2.75) is 44.6 Å². The van der Waals surface area contributed by atoms with Crippen LogP contribution in [0, 0.1) is 0 Å². The molecule has 0 radical (unpaired) electrons. The Balaban J connectivity index is 1.80. The van der Waals surface area contributed by atoms with Gasteiger partial charge >= 0.3 is 0 Å². The third-order valence-corrected chi connectivity index (χ3v) is 4.00. The minimum Gasteiger partial charge on any atom is -0.376 e. The molecule has 20 heavy (non-hydrogen) atoms. The van der Waals surface area contributed by atoms with E-state index < -0.39 is 0 Å². The first kappa shape index (κ1) is 15.3. The van der Waals surface area contributed by atoms with Gasteiger partial charge in [0.25, 0.3) is 0 Å². The number of hydrogen-bond donors (Lipinski definition) is 1. The minimum atomic E-state index is 0.597. The smallest absolute Gasteiger partial charge is 0.0672 e. The monoisotopic (exact) mass is 273 g/mol. The summed E-state index contributed by atoms with van der Waals surface area (Å²) in [6.45, 7) is 8.22. The van der Waals surface area contributed by atoms with E-state index in [1.165, 1.54) is 31.2 Å². The maximum Gasteiger partial charge on any atom is 0.0672 e. The van der Waals surface area contributed by atoms with Gasteiger partial charge in [0, 0.05) is 12.6 Å². The summed E-state index contributed by atoms with van der Waals surface area (Å²) in [7, 11) is 0. The first-order valence-corrected chi connectivity index (χ1v) is 7.78. The van der Waals surface area contributed by atoms with Gasteiger partial charge in [0.1, 0.15) is 0 Å². The highest BCUT2D eigenvalue weighted by molar-refractivity contribution is 5.21. The van der Waals surface area contributed by atoms with Gasteiger partial charge in [-0.25, -0.2) is 0 Å². The Hall–Kier alpha value is -1.12. The highest BCUT2D eigenvalue weighted by atomic mass is 16.5. The molecule has 2 unspecified atom stereocenters. The molecule has 1 aromatic rings. The molecule has 1 aromatic carbocycles. The molecule has 2 atom stereocenters. The lowest BCUT2D eigenvalue weighted by Gasteiger charge is -2.32. The highest BCUT2D eigenvalue weighted by Gasteiger charge is 2.25. The van der Waals surface area contributed by atoms with Crippen molar-refractivity contribution in [1.82, 2.24) is 5.32 Å². The highest BCUT2D eigenvalue weighted by Crippen LogP contribution is 2.32. The van der Waals surface area contributed by atoms with E-state index in [2.05, 4.69) is 42.2 Å². The molecule has 0 bridgehead atoms. The summed E-state index contributed by atoms with van der Waals surface area (Å²) in [5.41, 5.74) is 2.57. The van der Waals surface area contributed by atoms with Crippen LogP contribution in [0.2, 0.25) is 0 Å². The van der Waals surface area contributed by atoms with Crippen molar-refractivity contribution in [2.75, 3.05) is 19.8 Å². The molecule has 2 heteroatoms. The van der Waals surface area contributed by atoms with Gasteiger partial charge in [-0.1, -0.05) is 55.3 Å². The first-order valence-electron chi connectivity index (χ1n) is 7.78. The second-order valence-corrected chi connectivity index (χ2v) is 5.87. The number of rotatable bonds is 7. The average Bonchev–Trinajstić information content (AvgIpc) is 2.48. The van der Waals surface area contributed by atoms with Crippen molar-refractivity contribution in [3.63, 3.8) is 0 Å². The average molecular weight is 273 g/mol. The Bertz CT molecular complexity index is 401. The van der Waals surface area contributed by atoms with Crippen LogP contribution in [0.5, 0.6) is 0 Å². The van der Waals surface area contributed by atoms with E-state index in [-0.39, 0.29) is 0 Å². The van der Waals surface area contributed by atoms with Crippen LogP contribution in [-0.4, -0.2) is 25.8 Å². The summed E-state index contributed by atoms with van der Waals surface area (Å²) in [5.74, 6) is 0.658. The van der Waals surface area contributed by atoms with Gasteiger partial charge < -0.3 is 10.1 Å². The van der Waals surface area contributed by atoms with Crippen LogP contribution in [0.1, 0.15) is 44.1 Å². The zero-order valence-electron chi connectivity index (χ0n) is 12.6. The fourth-order valence-electron chi connectivity index (χ4n) is 3.04. The van der Waals surface area contributed by atoms with Gasteiger partial charge in [0.05, 0.1) is 13.2 Å². The molecule has 0 aliphatic heterocycles. The second kappa shape index (κ2) is 8.23. The lowest BCUT2D eigenvalue weighted by atomic mass is 9.80. The van der Waals surface area contributed by atoms with E-state index in [0.29, 0.717) is 18.6 Å². The maximum absolute atomic E-state index is 5.57. The summed E-state index contributed by atoms with van der Waals surface area (Å²) in [4.78, 5) is 0. The fourth-order valence-corrected chi connectivity index (χ4v) is 3.04. The topological polar surface area (TPSA) is 21.3 Å².